The second-order valence-electron chi connectivity index (χ2n) is 6.29. The number of hydrogen-bond donors (Lipinski definition) is 2. The molecule has 4 nitrogen and oxygen atoms in total. The number of nitrogens with one attached hydrogen (secondary N) is 2. The van der Waals surface area contributed by atoms with E-state index >= 15 is 0 Å². The molecule has 2 atom stereocenters. The fraction of sp³-hybridized carbons (Fsp3) is 0.529. The number of halogens is 1. The third kappa shape index (κ3) is 3.56. The number of carbonyl (C=O) groups is 1. The maximum atomic E-state index is 13.2. The Balaban J connectivity index is 1.62. The van der Waals surface area contributed by atoms with Crippen molar-refractivity contribution >= 4 is 11.6 Å². The fourth-order valence-electron chi connectivity index (χ4n) is 3.06. The molecule has 1 aromatic carbocycles. The summed E-state index contributed by atoms with van der Waals surface area (Å²) < 4.78 is 13.2. The number of nitrogens with zero attached hydrogens (tertiary/aromatic N) is 1. The lowest BCUT2D eigenvalue weighted by molar-refractivity contribution is -0.126. The number of rotatable bonds is 4. The molecule has 2 fully saturated rings. The van der Waals surface area contributed by atoms with Crippen LogP contribution in [0.5, 0.6) is 0 Å². The topological polar surface area (TPSA) is 64.9 Å². The highest BCUT2D eigenvalue weighted by molar-refractivity contribution is 5.79. The van der Waals surface area contributed by atoms with Crippen LogP contribution in [0, 0.1) is 23.1 Å². The van der Waals surface area contributed by atoms with Crippen LogP contribution in [-0.2, 0) is 4.79 Å². The first kappa shape index (κ1) is 14.8. The summed E-state index contributed by atoms with van der Waals surface area (Å²) >= 11 is 0. The first-order valence-corrected chi connectivity index (χ1v) is 7.92. The van der Waals surface area contributed by atoms with Crippen LogP contribution >= 0.6 is 0 Å². The zero-order valence-electron chi connectivity index (χ0n) is 12.4. The number of hydrogen-bond acceptors (Lipinski definition) is 3. The van der Waals surface area contributed by atoms with Crippen molar-refractivity contribution in [1.29, 1.82) is 5.26 Å². The normalized spacial score (nSPS) is 24.4. The maximum absolute atomic E-state index is 13.2. The molecule has 0 spiro atoms. The van der Waals surface area contributed by atoms with Crippen molar-refractivity contribution in [2.45, 2.75) is 50.6 Å². The van der Waals surface area contributed by atoms with Crippen LogP contribution in [-0.4, -0.2) is 18.0 Å². The Hall–Kier alpha value is -2.09. The predicted octanol–water partition coefficient (Wildman–Crippen LogP) is 2.95. The molecule has 0 aliphatic heterocycles. The van der Waals surface area contributed by atoms with Crippen LogP contribution in [0.25, 0.3) is 0 Å². The first-order valence-electron chi connectivity index (χ1n) is 7.92. The molecule has 3 rings (SSSR count). The van der Waals surface area contributed by atoms with Crippen LogP contribution in [0.15, 0.2) is 18.2 Å². The second-order valence-corrected chi connectivity index (χ2v) is 6.29. The highest BCUT2D eigenvalue weighted by Gasteiger charge is 2.31. The number of amides is 1. The highest BCUT2D eigenvalue weighted by atomic mass is 19.1. The van der Waals surface area contributed by atoms with E-state index in [2.05, 4.69) is 10.6 Å². The Labute approximate surface area is 129 Å². The summed E-state index contributed by atoms with van der Waals surface area (Å²) in [5, 5.41) is 15.5. The van der Waals surface area contributed by atoms with Gasteiger partial charge in [0.1, 0.15) is 11.9 Å². The van der Waals surface area contributed by atoms with Crippen molar-refractivity contribution in [3.8, 4) is 6.07 Å². The van der Waals surface area contributed by atoms with Gasteiger partial charge in [-0.25, -0.2) is 4.39 Å². The molecule has 0 unspecified atom stereocenters. The Kier molecular flexibility index (Phi) is 4.28. The third-order valence-corrected chi connectivity index (χ3v) is 4.43. The number of anilines is 1. The second kappa shape index (κ2) is 6.35. The number of benzene rings is 1. The minimum absolute atomic E-state index is 0.0397. The summed E-state index contributed by atoms with van der Waals surface area (Å²) in [6.45, 7) is 0. The van der Waals surface area contributed by atoms with E-state index in [1.54, 1.807) is 6.07 Å². The summed E-state index contributed by atoms with van der Waals surface area (Å²) in [7, 11) is 0. The van der Waals surface area contributed by atoms with E-state index in [9.17, 15) is 9.18 Å². The lowest BCUT2D eigenvalue weighted by atomic mass is 9.85. The minimum atomic E-state index is -0.410. The van der Waals surface area contributed by atoms with Gasteiger partial charge in [0.2, 0.25) is 5.91 Å². The van der Waals surface area contributed by atoms with Crippen molar-refractivity contribution in [2.24, 2.45) is 5.92 Å². The van der Waals surface area contributed by atoms with Crippen LogP contribution < -0.4 is 10.6 Å². The van der Waals surface area contributed by atoms with E-state index in [-0.39, 0.29) is 17.9 Å². The average molecular weight is 301 g/mol. The van der Waals surface area contributed by atoms with Gasteiger partial charge in [-0.15, -0.1) is 0 Å². The predicted molar refractivity (Wildman–Crippen MR) is 81.6 cm³/mol. The van der Waals surface area contributed by atoms with Gasteiger partial charge in [-0.1, -0.05) is 6.42 Å². The maximum Gasteiger partial charge on any atom is 0.223 e. The van der Waals surface area contributed by atoms with Gasteiger partial charge in [-0.05, 0) is 50.3 Å². The van der Waals surface area contributed by atoms with Crippen molar-refractivity contribution in [1.82, 2.24) is 5.32 Å². The summed E-state index contributed by atoms with van der Waals surface area (Å²) in [6.07, 6.45) is 5.84. The van der Waals surface area contributed by atoms with Crippen LogP contribution in [0.2, 0.25) is 0 Å². The Morgan fingerprint density at radius 2 is 2.05 bits per heavy atom. The lowest BCUT2D eigenvalue weighted by Gasteiger charge is -2.30. The van der Waals surface area contributed by atoms with Gasteiger partial charge < -0.3 is 10.6 Å². The largest absolute Gasteiger partial charge is 0.381 e. The average Bonchev–Trinajstić information content (AvgIpc) is 3.33. The highest BCUT2D eigenvalue weighted by Crippen LogP contribution is 2.29. The van der Waals surface area contributed by atoms with Crippen molar-refractivity contribution in [2.75, 3.05) is 5.32 Å². The summed E-state index contributed by atoms with van der Waals surface area (Å²) in [4.78, 5) is 12.2. The van der Waals surface area contributed by atoms with E-state index in [1.165, 1.54) is 12.1 Å². The van der Waals surface area contributed by atoms with Crippen molar-refractivity contribution in [3.63, 3.8) is 0 Å². The molecule has 0 radical (unpaired) electrons. The van der Waals surface area contributed by atoms with Crippen molar-refractivity contribution in [3.05, 3.63) is 29.6 Å². The molecular weight excluding hydrogens is 281 g/mol. The van der Waals surface area contributed by atoms with Crippen LogP contribution in [0.3, 0.4) is 0 Å². The molecule has 0 aromatic heterocycles. The number of nitriles is 1. The van der Waals surface area contributed by atoms with Gasteiger partial charge in [-0.2, -0.15) is 5.26 Å². The molecule has 1 amide bonds. The van der Waals surface area contributed by atoms with Crippen LogP contribution in [0.1, 0.15) is 44.1 Å². The Morgan fingerprint density at radius 1 is 1.23 bits per heavy atom. The fourth-order valence-corrected chi connectivity index (χ4v) is 3.06. The van der Waals surface area contributed by atoms with E-state index in [0.717, 1.165) is 38.5 Å². The van der Waals surface area contributed by atoms with Gasteiger partial charge in [0.05, 0.1) is 11.3 Å². The van der Waals surface area contributed by atoms with Crippen LogP contribution in [0.4, 0.5) is 10.1 Å². The molecule has 0 bridgehead atoms. The monoisotopic (exact) mass is 301 g/mol. The molecule has 0 saturated heterocycles. The molecule has 116 valence electrons. The first-order chi connectivity index (χ1) is 10.7. The third-order valence-electron chi connectivity index (χ3n) is 4.43. The van der Waals surface area contributed by atoms with Gasteiger partial charge in [0.25, 0.3) is 0 Å². The van der Waals surface area contributed by atoms with Gasteiger partial charge in [-0.3, -0.25) is 4.79 Å². The summed E-state index contributed by atoms with van der Waals surface area (Å²) in [5.74, 6) is -0.209. The molecule has 2 saturated carbocycles. The molecule has 2 aliphatic rings. The Morgan fingerprint density at radius 3 is 2.77 bits per heavy atom. The molecule has 1 aromatic rings. The summed E-state index contributed by atoms with van der Waals surface area (Å²) in [6, 6.07) is 6.75. The van der Waals surface area contributed by atoms with Crippen molar-refractivity contribution < 1.29 is 9.18 Å². The molecule has 5 heteroatoms. The molecule has 2 N–H and O–H groups in total. The molecule has 2 aliphatic carbocycles. The van der Waals surface area contributed by atoms with Gasteiger partial charge >= 0.3 is 0 Å². The summed E-state index contributed by atoms with van der Waals surface area (Å²) in [5.41, 5.74) is 0.960. The molecular formula is C17H20FN3O. The standard InChI is InChI=1S/C17H20FN3O/c18-13-4-7-16(12(8-13)10-19)20-15-3-1-2-11(9-15)17(22)21-14-5-6-14/h4,7-8,11,14-15,20H,1-3,5-6,9H2,(H,21,22)/t11-,15-/m0/s1. The smallest absolute Gasteiger partial charge is 0.223 e. The molecule has 0 heterocycles. The quantitative estimate of drug-likeness (QED) is 0.898. The minimum Gasteiger partial charge on any atom is -0.381 e. The Bertz CT molecular complexity index is 606. The van der Waals surface area contributed by atoms with Gasteiger partial charge in [0, 0.05) is 18.0 Å². The SMILES string of the molecule is N#Cc1cc(F)ccc1N[C@H]1CCC[C@H](C(=O)NC2CC2)C1. The zero-order chi connectivity index (χ0) is 15.5. The van der Waals surface area contributed by atoms with E-state index in [0.29, 0.717) is 17.3 Å². The number of carbonyl (C=O) groups excluding carboxylic acids is 1. The van der Waals surface area contributed by atoms with Gasteiger partial charge in [0.15, 0.2) is 0 Å². The van der Waals surface area contributed by atoms with E-state index in [4.69, 9.17) is 5.26 Å². The lowest BCUT2D eigenvalue weighted by Crippen LogP contribution is -2.38. The van der Waals surface area contributed by atoms with E-state index < -0.39 is 5.82 Å². The molecule has 22 heavy (non-hydrogen) atoms. The zero-order valence-corrected chi connectivity index (χ0v) is 12.4. The van der Waals surface area contributed by atoms with E-state index in [1.807, 2.05) is 6.07 Å².